The Balaban J connectivity index is 1.47. The third-order valence-corrected chi connectivity index (χ3v) is 5.28. The molecule has 3 aromatic rings. The first-order valence-corrected chi connectivity index (χ1v) is 10.8. The van der Waals surface area contributed by atoms with Crippen molar-refractivity contribution in [3.05, 3.63) is 139 Å². The summed E-state index contributed by atoms with van der Waals surface area (Å²) in [7, 11) is 2.00. The summed E-state index contributed by atoms with van der Waals surface area (Å²) >= 11 is 0. The summed E-state index contributed by atoms with van der Waals surface area (Å²) in [6.07, 6.45) is 26.9. The summed E-state index contributed by atoms with van der Waals surface area (Å²) in [6, 6.07) is 16.3. The van der Waals surface area contributed by atoms with Crippen molar-refractivity contribution in [2.24, 2.45) is 12.0 Å². The van der Waals surface area contributed by atoms with Crippen LogP contribution in [-0.4, -0.2) is 10.3 Å². The van der Waals surface area contributed by atoms with E-state index in [0.717, 1.165) is 39.5 Å². The fourth-order valence-electron chi connectivity index (χ4n) is 3.72. The standard InChI is InChI=1S/C29H23N3O/c1-31-22-32(29-18-9-8-17-28(29)31)24-13-11-15-26(21-24)33-25-14-6-4-5-12-23(20-25)27-16-7-2-3-10-19-30-27/h2-21H,1H3/b3-2-,5-4?,6-4-,7-2?,10-3?,12-5-,14-6?,16-7-,19-10-,23-12?,23-20+,25-14+,25-20?,27-16?,30-19?,30-27+. The van der Waals surface area contributed by atoms with Gasteiger partial charge in [0.25, 0.3) is 0 Å². The monoisotopic (exact) mass is 429 g/mol. The SMILES string of the molecule is Cn1[c-][n+](-c2cccc(OC3=C/C=C\C=C/C(C4=N/C=C\C=C/C=C\4)=C\3)c2)c2ccccc21. The van der Waals surface area contributed by atoms with Gasteiger partial charge in [0.2, 0.25) is 6.33 Å². The van der Waals surface area contributed by atoms with E-state index in [-0.39, 0.29) is 0 Å². The molecule has 0 bridgehead atoms. The highest BCUT2D eigenvalue weighted by Crippen LogP contribution is 2.21. The van der Waals surface area contributed by atoms with Crippen LogP contribution in [0.15, 0.2) is 138 Å². The minimum atomic E-state index is 0.729. The van der Waals surface area contributed by atoms with Crippen molar-refractivity contribution < 1.29 is 9.30 Å². The lowest BCUT2D eigenvalue weighted by Gasteiger charge is -2.12. The second-order valence-electron chi connectivity index (χ2n) is 7.60. The first-order chi connectivity index (χ1) is 16.3. The molecule has 0 amide bonds. The second-order valence-corrected chi connectivity index (χ2v) is 7.60. The van der Waals surface area contributed by atoms with Gasteiger partial charge in [0.15, 0.2) is 0 Å². The van der Waals surface area contributed by atoms with Crippen LogP contribution in [0.5, 0.6) is 5.75 Å². The molecule has 0 unspecified atom stereocenters. The van der Waals surface area contributed by atoms with Gasteiger partial charge >= 0.3 is 0 Å². The number of imidazole rings is 1. The molecule has 0 saturated heterocycles. The van der Waals surface area contributed by atoms with Crippen molar-refractivity contribution in [1.82, 2.24) is 4.57 Å². The Morgan fingerprint density at radius 2 is 1.73 bits per heavy atom. The number of aryl methyl sites for hydroxylation is 1. The van der Waals surface area contributed by atoms with Crippen LogP contribution in [0.1, 0.15) is 0 Å². The second kappa shape index (κ2) is 9.37. The number of para-hydroxylation sites is 2. The number of fused-ring (bicyclic) bond motifs is 1. The minimum absolute atomic E-state index is 0.729. The van der Waals surface area contributed by atoms with Gasteiger partial charge in [0.1, 0.15) is 11.5 Å². The number of hydrogen-bond acceptors (Lipinski definition) is 2. The Morgan fingerprint density at radius 1 is 0.879 bits per heavy atom. The van der Waals surface area contributed by atoms with E-state index >= 15 is 0 Å². The molecule has 2 aromatic carbocycles. The molecular weight excluding hydrogens is 406 g/mol. The van der Waals surface area contributed by atoms with Gasteiger partial charge in [0, 0.05) is 11.8 Å². The first kappa shape index (κ1) is 20.5. The molecule has 4 heteroatoms. The van der Waals surface area contributed by atoms with Crippen molar-refractivity contribution in [3.63, 3.8) is 0 Å². The molecule has 160 valence electrons. The largest absolute Gasteiger partial charge is 0.458 e. The average Bonchev–Trinajstić information content (AvgIpc) is 3.13. The molecule has 1 aliphatic heterocycles. The molecule has 0 spiro atoms. The topological polar surface area (TPSA) is 30.4 Å². The van der Waals surface area contributed by atoms with Crippen LogP contribution in [0.3, 0.4) is 0 Å². The summed E-state index contributed by atoms with van der Waals surface area (Å²) in [5.74, 6) is 1.48. The number of ether oxygens (including phenoxy) is 1. The van der Waals surface area contributed by atoms with E-state index in [2.05, 4.69) is 29.5 Å². The Hall–Kier alpha value is -4.44. The molecule has 0 fully saturated rings. The van der Waals surface area contributed by atoms with Crippen LogP contribution in [0.2, 0.25) is 0 Å². The maximum atomic E-state index is 6.30. The molecule has 5 rings (SSSR count). The smallest absolute Gasteiger partial charge is 0.244 e. The van der Waals surface area contributed by atoms with Gasteiger partial charge in [-0.2, -0.15) is 0 Å². The molecule has 0 radical (unpaired) electrons. The number of aliphatic imine (C=N–C) groups is 1. The molecule has 0 N–H and O–H groups in total. The number of benzene rings is 2. The van der Waals surface area contributed by atoms with E-state index in [4.69, 9.17) is 4.74 Å². The lowest BCUT2D eigenvalue weighted by molar-refractivity contribution is -0.572. The predicted octanol–water partition coefficient (Wildman–Crippen LogP) is 5.65. The van der Waals surface area contributed by atoms with Crippen molar-refractivity contribution in [2.45, 2.75) is 0 Å². The normalized spacial score (nSPS) is 24.9. The first-order valence-electron chi connectivity index (χ1n) is 10.8. The van der Waals surface area contributed by atoms with Gasteiger partial charge in [-0.25, -0.2) is 0 Å². The van der Waals surface area contributed by atoms with Crippen LogP contribution in [0.25, 0.3) is 16.7 Å². The summed E-state index contributed by atoms with van der Waals surface area (Å²) in [5, 5.41) is 0. The average molecular weight is 430 g/mol. The Labute approximate surface area is 193 Å². The maximum Gasteiger partial charge on any atom is 0.244 e. The number of hydrogen-bond donors (Lipinski definition) is 0. The minimum Gasteiger partial charge on any atom is -0.458 e. The Bertz CT molecular complexity index is 1440. The lowest BCUT2D eigenvalue weighted by Crippen LogP contribution is -2.29. The molecule has 2 aliphatic rings. The van der Waals surface area contributed by atoms with Gasteiger partial charge in [-0.1, -0.05) is 78.9 Å². The molecule has 0 atom stereocenters. The van der Waals surface area contributed by atoms with E-state index in [9.17, 15) is 0 Å². The summed E-state index contributed by atoms with van der Waals surface area (Å²) < 4.78 is 10.4. The Morgan fingerprint density at radius 3 is 2.70 bits per heavy atom. The van der Waals surface area contributed by atoms with Crippen LogP contribution >= 0.6 is 0 Å². The summed E-state index contributed by atoms with van der Waals surface area (Å²) in [6.45, 7) is 0. The molecular formula is C29H23N3O. The highest BCUT2D eigenvalue weighted by Gasteiger charge is 2.09. The summed E-state index contributed by atoms with van der Waals surface area (Å²) in [5.41, 5.74) is 5.03. The third kappa shape index (κ3) is 4.60. The predicted molar refractivity (Wildman–Crippen MR) is 133 cm³/mol. The molecule has 2 heterocycles. The lowest BCUT2D eigenvalue weighted by atomic mass is 10.1. The van der Waals surface area contributed by atoms with Crippen molar-refractivity contribution in [2.75, 3.05) is 0 Å². The van der Waals surface area contributed by atoms with Crippen molar-refractivity contribution in [1.29, 1.82) is 0 Å². The van der Waals surface area contributed by atoms with E-state index in [1.54, 1.807) is 6.20 Å². The highest BCUT2D eigenvalue weighted by atomic mass is 16.5. The highest BCUT2D eigenvalue weighted by molar-refractivity contribution is 6.11. The molecule has 4 nitrogen and oxygen atoms in total. The van der Waals surface area contributed by atoms with Crippen LogP contribution < -0.4 is 9.30 Å². The van der Waals surface area contributed by atoms with Crippen LogP contribution in [0, 0.1) is 6.33 Å². The molecule has 1 aliphatic carbocycles. The zero-order valence-electron chi connectivity index (χ0n) is 18.3. The number of allylic oxidation sites excluding steroid dienone is 12. The van der Waals surface area contributed by atoms with E-state index in [0.29, 0.717) is 0 Å². The van der Waals surface area contributed by atoms with Crippen LogP contribution in [-0.2, 0) is 7.05 Å². The van der Waals surface area contributed by atoms with Gasteiger partial charge in [-0.3, -0.25) is 4.99 Å². The van der Waals surface area contributed by atoms with Gasteiger partial charge in [-0.15, -0.1) is 0 Å². The van der Waals surface area contributed by atoms with E-state index < -0.39 is 0 Å². The van der Waals surface area contributed by atoms with Gasteiger partial charge in [0.05, 0.1) is 29.5 Å². The molecule has 0 saturated carbocycles. The van der Waals surface area contributed by atoms with E-state index in [1.807, 2.05) is 113 Å². The zero-order chi connectivity index (χ0) is 22.5. The number of aromatic nitrogens is 2. The molecule has 33 heavy (non-hydrogen) atoms. The maximum absolute atomic E-state index is 6.30. The number of nitrogens with zero attached hydrogens (tertiary/aromatic N) is 3. The quantitative estimate of drug-likeness (QED) is 0.389. The Kier molecular flexibility index (Phi) is 5.81. The fourth-order valence-corrected chi connectivity index (χ4v) is 3.72. The van der Waals surface area contributed by atoms with Crippen molar-refractivity contribution in [3.8, 4) is 11.4 Å². The van der Waals surface area contributed by atoms with Crippen molar-refractivity contribution >= 4 is 16.7 Å². The van der Waals surface area contributed by atoms with Gasteiger partial charge < -0.3 is 13.9 Å². The molecule has 1 aromatic heterocycles. The van der Waals surface area contributed by atoms with E-state index in [1.165, 1.54) is 0 Å². The van der Waals surface area contributed by atoms with Gasteiger partial charge in [-0.05, 0) is 36.4 Å². The third-order valence-electron chi connectivity index (χ3n) is 5.28. The summed E-state index contributed by atoms with van der Waals surface area (Å²) in [4.78, 5) is 4.57. The fraction of sp³-hybridized carbons (Fsp3) is 0.0345. The zero-order valence-corrected chi connectivity index (χ0v) is 18.3. The number of rotatable bonds is 4. The van der Waals surface area contributed by atoms with Crippen LogP contribution in [0.4, 0.5) is 0 Å².